The summed E-state index contributed by atoms with van der Waals surface area (Å²) in [5.74, 6) is -0.490. The van der Waals surface area contributed by atoms with Gasteiger partial charge in [-0.15, -0.1) is 0 Å². The summed E-state index contributed by atoms with van der Waals surface area (Å²) in [4.78, 5) is 12.0. The van der Waals surface area contributed by atoms with Crippen LogP contribution in [0.2, 0.25) is 0 Å². The van der Waals surface area contributed by atoms with Crippen LogP contribution in [0.5, 0.6) is 0 Å². The highest BCUT2D eigenvalue weighted by Gasteiger charge is 2.19. The molecule has 0 saturated heterocycles. The Morgan fingerprint density at radius 1 is 1.20 bits per heavy atom. The topological polar surface area (TPSA) is 76.3 Å². The van der Waals surface area contributed by atoms with Crippen molar-refractivity contribution in [3.63, 3.8) is 0 Å². The number of aliphatic hydroxyl groups excluding tert-OH is 1. The molecule has 2 aromatic rings. The van der Waals surface area contributed by atoms with Gasteiger partial charge in [0.2, 0.25) is 0 Å². The number of aliphatic hydroxyl groups is 1. The monoisotopic (exact) mass is 272 g/mol. The number of hydrogen-bond donors (Lipinski definition) is 2. The molecule has 0 aliphatic rings. The molecule has 0 aliphatic carbocycles. The van der Waals surface area contributed by atoms with E-state index < -0.39 is 11.9 Å². The molecule has 1 aromatic heterocycles. The van der Waals surface area contributed by atoms with Gasteiger partial charge in [0.1, 0.15) is 0 Å². The van der Waals surface area contributed by atoms with E-state index >= 15 is 0 Å². The van der Waals surface area contributed by atoms with Crippen molar-refractivity contribution in [2.75, 3.05) is 6.61 Å². The number of benzene rings is 1. The van der Waals surface area contributed by atoms with Gasteiger partial charge in [-0.05, 0) is 18.1 Å². The fourth-order valence-corrected chi connectivity index (χ4v) is 1.92. The first-order valence-corrected chi connectivity index (χ1v) is 6.34. The van der Waals surface area contributed by atoms with Crippen LogP contribution in [0.4, 0.5) is 0 Å². The quantitative estimate of drug-likeness (QED) is 0.620. The molecule has 1 unspecified atom stereocenters. The van der Waals surface area contributed by atoms with Crippen LogP contribution in [0.25, 0.3) is 0 Å². The zero-order valence-corrected chi connectivity index (χ0v) is 10.9. The van der Waals surface area contributed by atoms with Gasteiger partial charge in [0.25, 0.3) is 5.69 Å². The van der Waals surface area contributed by atoms with Gasteiger partial charge in [-0.25, -0.2) is 0 Å². The Morgan fingerprint density at radius 3 is 2.55 bits per heavy atom. The van der Waals surface area contributed by atoms with Gasteiger partial charge in [-0.2, -0.15) is 4.73 Å². The molecule has 2 N–H and O–H groups in total. The highest BCUT2D eigenvalue weighted by molar-refractivity contribution is 5.91. The van der Waals surface area contributed by atoms with E-state index in [1.807, 2.05) is 30.3 Å². The normalized spacial score (nSPS) is 11.8. The van der Waals surface area contributed by atoms with E-state index in [4.69, 9.17) is 0 Å². The SMILES string of the molecule is O=C(NC(CO)Cc1ccccc1)c1cccc[n+]1[O-]. The molecule has 20 heavy (non-hydrogen) atoms. The van der Waals surface area contributed by atoms with Crippen molar-refractivity contribution in [1.82, 2.24) is 5.32 Å². The van der Waals surface area contributed by atoms with E-state index in [2.05, 4.69) is 5.32 Å². The van der Waals surface area contributed by atoms with Gasteiger partial charge in [0, 0.05) is 12.1 Å². The lowest BCUT2D eigenvalue weighted by Crippen LogP contribution is -2.45. The lowest BCUT2D eigenvalue weighted by Gasteiger charge is -2.15. The minimum atomic E-state index is -0.490. The molecule has 5 nitrogen and oxygen atoms in total. The average molecular weight is 272 g/mol. The largest absolute Gasteiger partial charge is 0.618 e. The van der Waals surface area contributed by atoms with E-state index in [1.165, 1.54) is 12.3 Å². The number of aromatic nitrogens is 1. The maximum absolute atomic E-state index is 12.0. The predicted molar refractivity (Wildman–Crippen MR) is 73.9 cm³/mol. The lowest BCUT2D eigenvalue weighted by atomic mass is 10.1. The number of carbonyl (C=O) groups excluding carboxylic acids is 1. The van der Waals surface area contributed by atoms with Gasteiger partial charge in [-0.3, -0.25) is 4.79 Å². The molecule has 1 amide bonds. The smallest absolute Gasteiger partial charge is 0.317 e. The fourth-order valence-electron chi connectivity index (χ4n) is 1.92. The number of carbonyl (C=O) groups is 1. The summed E-state index contributed by atoms with van der Waals surface area (Å²) in [6, 6.07) is 13.7. The van der Waals surface area contributed by atoms with E-state index in [0.29, 0.717) is 11.2 Å². The highest BCUT2D eigenvalue weighted by Crippen LogP contribution is 2.03. The molecule has 104 valence electrons. The third-order valence-corrected chi connectivity index (χ3v) is 2.94. The van der Waals surface area contributed by atoms with Crippen molar-refractivity contribution in [3.8, 4) is 0 Å². The second kappa shape index (κ2) is 6.68. The molecule has 1 heterocycles. The van der Waals surface area contributed by atoms with E-state index in [1.54, 1.807) is 12.1 Å². The fraction of sp³-hybridized carbons (Fsp3) is 0.200. The Morgan fingerprint density at radius 2 is 1.90 bits per heavy atom. The number of hydrogen-bond acceptors (Lipinski definition) is 3. The maximum Gasteiger partial charge on any atom is 0.317 e. The number of nitrogens with zero attached hydrogens (tertiary/aromatic N) is 1. The summed E-state index contributed by atoms with van der Waals surface area (Å²) in [6.07, 6.45) is 1.77. The molecule has 1 aromatic carbocycles. The van der Waals surface area contributed by atoms with E-state index in [-0.39, 0.29) is 12.3 Å². The second-order valence-electron chi connectivity index (χ2n) is 4.45. The molecule has 0 aliphatic heterocycles. The molecule has 0 radical (unpaired) electrons. The second-order valence-corrected chi connectivity index (χ2v) is 4.45. The lowest BCUT2D eigenvalue weighted by molar-refractivity contribution is -0.607. The minimum Gasteiger partial charge on any atom is -0.618 e. The summed E-state index contributed by atoms with van der Waals surface area (Å²) in [5.41, 5.74) is 1.02. The van der Waals surface area contributed by atoms with E-state index in [0.717, 1.165) is 5.56 Å². The predicted octanol–water partition coefficient (Wildman–Crippen LogP) is 0.653. The van der Waals surface area contributed by atoms with Crippen molar-refractivity contribution < 1.29 is 14.6 Å². The molecule has 0 fully saturated rings. The standard InChI is InChI=1S/C15H16N2O3/c18-11-13(10-12-6-2-1-3-7-12)16-15(19)14-8-4-5-9-17(14)20/h1-9,13,18H,10-11H2,(H,16,19). The van der Waals surface area contributed by atoms with Gasteiger partial charge < -0.3 is 15.6 Å². The van der Waals surface area contributed by atoms with E-state index in [9.17, 15) is 15.1 Å². The molecule has 5 heteroatoms. The van der Waals surface area contributed by atoms with Crippen molar-refractivity contribution >= 4 is 5.91 Å². The minimum absolute atomic E-state index is 0.0130. The van der Waals surface area contributed by atoms with Crippen LogP contribution in [0.15, 0.2) is 54.7 Å². The third-order valence-electron chi connectivity index (χ3n) is 2.94. The van der Waals surface area contributed by atoms with Crippen molar-refractivity contribution in [2.24, 2.45) is 0 Å². The number of nitrogens with one attached hydrogen (secondary N) is 1. The third kappa shape index (κ3) is 3.55. The molecule has 0 spiro atoms. The zero-order valence-electron chi connectivity index (χ0n) is 10.9. The van der Waals surface area contributed by atoms with Gasteiger partial charge in [-0.1, -0.05) is 30.3 Å². The van der Waals surface area contributed by atoms with Crippen LogP contribution in [0.3, 0.4) is 0 Å². The molecule has 0 saturated carbocycles. The van der Waals surface area contributed by atoms with Crippen LogP contribution < -0.4 is 10.0 Å². The van der Waals surface area contributed by atoms with Crippen LogP contribution >= 0.6 is 0 Å². The number of rotatable bonds is 5. The van der Waals surface area contributed by atoms with Gasteiger partial charge >= 0.3 is 5.91 Å². The summed E-state index contributed by atoms with van der Waals surface area (Å²) in [6.45, 7) is -0.188. The first-order chi connectivity index (χ1) is 9.70. The molecular weight excluding hydrogens is 256 g/mol. The summed E-state index contributed by atoms with van der Waals surface area (Å²) < 4.78 is 0.506. The van der Waals surface area contributed by atoms with Gasteiger partial charge in [0.15, 0.2) is 6.20 Å². The Kier molecular flexibility index (Phi) is 4.68. The van der Waals surface area contributed by atoms with Gasteiger partial charge in [0.05, 0.1) is 12.6 Å². The van der Waals surface area contributed by atoms with Crippen molar-refractivity contribution in [1.29, 1.82) is 0 Å². The Labute approximate surface area is 117 Å². The van der Waals surface area contributed by atoms with Crippen molar-refractivity contribution in [3.05, 3.63) is 71.2 Å². The highest BCUT2D eigenvalue weighted by atomic mass is 16.5. The van der Waals surface area contributed by atoms with Crippen molar-refractivity contribution in [2.45, 2.75) is 12.5 Å². The Bertz CT molecular complexity index is 572. The number of amides is 1. The summed E-state index contributed by atoms with van der Waals surface area (Å²) >= 11 is 0. The van der Waals surface area contributed by atoms with Crippen LogP contribution in [-0.2, 0) is 6.42 Å². The van der Waals surface area contributed by atoms with Crippen LogP contribution in [-0.4, -0.2) is 23.7 Å². The molecule has 1 atom stereocenters. The first kappa shape index (κ1) is 14.0. The number of pyridine rings is 1. The Hall–Kier alpha value is -2.40. The molecule has 0 bridgehead atoms. The molecular formula is C15H16N2O3. The summed E-state index contributed by atoms with van der Waals surface area (Å²) in [7, 11) is 0. The van der Waals surface area contributed by atoms with Crippen LogP contribution in [0, 0.1) is 5.21 Å². The molecule has 2 rings (SSSR count). The van der Waals surface area contributed by atoms with Crippen LogP contribution in [0.1, 0.15) is 16.1 Å². The maximum atomic E-state index is 12.0. The summed E-state index contributed by atoms with van der Waals surface area (Å²) in [5, 5.41) is 23.5. The first-order valence-electron chi connectivity index (χ1n) is 6.34. The average Bonchev–Trinajstić information content (AvgIpc) is 2.48. The zero-order chi connectivity index (χ0) is 14.4. The Balaban J connectivity index is 2.03.